The SMILES string of the molecule is CC[C@@H](C)[C@@H]1OC(=O)C(C)(C)[C@@H](O)[C@@H](Cc2ccccc2)OC(=O)[C@@H](C(C)C)OC(=O)[C@H](NC(=O)c2cccc(NC=O)c2O)[C@H](C)OC1=O. The van der Waals surface area contributed by atoms with Crippen LogP contribution in [0.15, 0.2) is 48.5 Å². The number of hydrogen-bond acceptors (Lipinski definition) is 12. The molecule has 2 aromatic carbocycles. The van der Waals surface area contributed by atoms with Gasteiger partial charge in [0, 0.05) is 18.3 Å². The lowest BCUT2D eigenvalue weighted by molar-refractivity contribution is -0.190. The molecule has 7 atom stereocenters. The van der Waals surface area contributed by atoms with Crippen LogP contribution in [0.1, 0.15) is 70.8 Å². The number of aliphatic hydroxyl groups is 1. The summed E-state index contributed by atoms with van der Waals surface area (Å²) < 4.78 is 22.7. The third-order valence-corrected chi connectivity index (χ3v) is 8.68. The van der Waals surface area contributed by atoms with Gasteiger partial charge in [-0.3, -0.25) is 14.4 Å². The summed E-state index contributed by atoms with van der Waals surface area (Å²) in [5, 5.41) is 26.9. The highest BCUT2D eigenvalue weighted by Gasteiger charge is 2.47. The Morgan fingerprint density at radius 3 is 2.14 bits per heavy atom. The minimum absolute atomic E-state index is 0.0305. The molecule has 4 N–H and O–H groups in total. The summed E-state index contributed by atoms with van der Waals surface area (Å²) in [5.74, 6) is -7.13. The van der Waals surface area contributed by atoms with Gasteiger partial charge in [0.05, 0.1) is 16.7 Å². The van der Waals surface area contributed by atoms with E-state index in [0.717, 1.165) is 0 Å². The van der Waals surface area contributed by atoms with Gasteiger partial charge in [0.25, 0.3) is 5.91 Å². The van der Waals surface area contributed by atoms with Crippen LogP contribution in [-0.4, -0.2) is 83.0 Å². The van der Waals surface area contributed by atoms with Crippen LogP contribution in [0.3, 0.4) is 0 Å². The number of esters is 4. The molecule has 0 aromatic heterocycles. The molecule has 1 saturated heterocycles. The van der Waals surface area contributed by atoms with Crippen molar-refractivity contribution in [1.29, 1.82) is 0 Å². The molecule has 1 fully saturated rings. The van der Waals surface area contributed by atoms with E-state index in [1.807, 2.05) is 0 Å². The van der Waals surface area contributed by atoms with Crippen molar-refractivity contribution in [3.05, 3.63) is 59.7 Å². The van der Waals surface area contributed by atoms with Crippen molar-refractivity contribution in [2.45, 2.75) is 97.9 Å². The number of phenolic OH excluding ortho intramolecular Hbond substituents is 1. The Morgan fingerprint density at radius 1 is 0.900 bits per heavy atom. The average Bonchev–Trinajstić information content (AvgIpc) is 3.07. The van der Waals surface area contributed by atoms with E-state index in [1.54, 1.807) is 58.0 Å². The number of anilines is 1. The first-order valence-electron chi connectivity index (χ1n) is 16.4. The van der Waals surface area contributed by atoms with E-state index in [1.165, 1.54) is 39.0 Å². The molecule has 1 aliphatic rings. The second kappa shape index (κ2) is 17.1. The average molecular weight is 699 g/mol. The number of aromatic hydroxyl groups is 1. The number of benzene rings is 2. The Hall–Kier alpha value is -4.98. The Balaban J connectivity index is 2.12. The molecule has 0 radical (unpaired) electrons. The van der Waals surface area contributed by atoms with Crippen LogP contribution in [0.2, 0.25) is 0 Å². The Morgan fingerprint density at radius 2 is 1.54 bits per heavy atom. The second-order valence-electron chi connectivity index (χ2n) is 13.2. The van der Waals surface area contributed by atoms with Crippen LogP contribution in [0.5, 0.6) is 5.75 Å². The lowest BCUT2D eigenvalue weighted by Gasteiger charge is -2.35. The number of carbonyl (C=O) groups is 6. The first-order chi connectivity index (χ1) is 23.5. The van der Waals surface area contributed by atoms with Gasteiger partial charge in [-0.05, 0) is 44.9 Å². The molecule has 0 bridgehead atoms. The molecule has 14 nitrogen and oxygen atoms in total. The topological polar surface area (TPSA) is 204 Å². The highest BCUT2D eigenvalue weighted by molar-refractivity contribution is 6.01. The van der Waals surface area contributed by atoms with E-state index in [2.05, 4.69) is 10.6 Å². The van der Waals surface area contributed by atoms with Crippen LogP contribution in [0.25, 0.3) is 0 Å². The molecular formula is C36H46N2O12. The molecule has 3 rings (SSSR count). The predicted octanol–water partition coefficient (Wildman–Crippen LogP) is 3.07. The predicted molar refractivity (Wildman–Crippen MR) is 178 cm³/mol. The van der Waals surface area contributed by atoms with Crippen LogP contribution in [0, 0.1) is 17.3 Å². The molecule has 50 heavy (non-hydrogen) atoms. The fourth-order valence-electron chi connectivity index (χ4n) is 5.21. The number of nitrogens with one attached hydrogen (secondary N) is 2. The Labute approximate surface area is 290 Å². The number of amides is 2. The van der Waals surface area contributed by atoms with Crippen molar-refractivity contribution in [1.82, 2.24) is 5.32 Å². The first-order valence-corrected chi connectivity index (χ1v) is 16.4. The van der Waals surface area contributed by atoms with Gasteiger partial charge in [-0.2, -0.15) is 0 Å². The van der Waals surface area contributed by atoms with E-state index in [9.17, 15) is 39.0 Å². The summed E-state index contributed by atoms with van der Waals surface area (Å²) in [6.07, 6.45) is -6.89. The second-order valence-corrected chi connectivity index (χ2v) is 13.2. The molecule has 0 unspecified atom stereocenters. The van der Waals surface area contributed by atoms with Crippen molar-refractivity contribution in [2.24, 2.45) is 17.3 Å². The zero-order chi connectivity index (χ0) is 37.3. The molecule has 2 aromatic rings. The maximum absolute atomic E-state index is 13.8. The van der Waals surface area contributed by atoms with Crippen molar-refractivity contribution < 1.29 is 57.9 Å². The molecular weight excluding hydrogens is 652 g/mol. The Kier molecular flexibility index (Phi) is 13.5. The standard InChI is InChI=1S/C36H46N2O12/c1-8-20(4)29-34(45)47-21(5)26(38-31(42)23-15-12-16-24(27(23)40)37-18-39)32(43)49-28(19(2)3)33(44)48-25(17-22-13-10-9-11-14-22)30(41)36(6,7)35(46)50-29/h9-16,18-21,25-26,28-30,40-41H,8,17H2,1-7H3,(H,37,39)(H,38,42)/t20-,21+,25-,26-,28-,29+,30+/m1/s1. The third-order valence-electron chi connectivity index (χ3n) is 8.68. The number of cyclic esters (lactones) is 4. The normalized spacial score (nSPS) is 25.5. The van der Waals surface area contributed by atoms with Gasteiger partial charge < -0.3 is 39.8 Å². The van der Waals surface area contributed by atoms with Crippen LogP contribution in [0.4, 0.5) is 5.69 Å². The number of para-hydroxylation sites is 1. The molecule has 1 heterocycles. The van der Waals surface area contributed by atoms with Gasteiger partial charge in [0.15, 0.2) is 11.8 Å². The number of rotatable bonds is 9. The van der Waals surface area contributed by atoms with E-state index < -0.39 is 89.3 Å². The van der Waals surface area contributed by atoms with Crippen molar-refractivity contribution in [3.8, 4) is 5.75 Å². The smallest absolute Gasteiger partial charge is 0.348 e. The van der Waals surface area contributed by atoms with Gasteiger partial charge in [-0.25, -0.2) is 14.4 Å². The van der Waals surface area contributed by atoms with E-state index >= 15 is 0 Å². The Bertz CT molecular complexity index is 1540. The quantitative estimate of drug-likeness (QED) is 0.129. The van der Waals surface area contributed by atoms with Gasteiger partial charge in [-0.15, -0.1) is 0 Å². The summed E-state index contributed by atoms with van der Waals surface area (Å²) >= 11 is 0. The lowest BCUT2D eigenvalue weighted by Crippen LogP contribution is -2.52. The molecule has 0 spiro atoms. The molecule has 272 valence electrons. The summed E-state index contributed by atoms with van der Waals surface area (Å²) in [5.41, 5.74) is -1.48. The van der Waals surface area contributed by atoms with Gasteiger partial charge in [0.2, 0.25) is 18.6 Å². The summed E-state index contributed by atoms with van der Waals surface area (Å²) in [4.78, 5) is 79.3. The number of phenols is 1. The summed E-state index contributed by atoms with van der Waals surface area (Å²) in [6, 6.07) is 10.9. The fourth-order valence-corrected chi connectivity index (χ4v) is 5.21. The van der Waals surface area contributed by atoms with E-state index in [-0.39, 0.29) is 17.7 Å². The molecule has 1 aliphatic heterocycles. The maximum Gasteiger partial charge on any atom is 0.348 e. The number of aliphatic hydroxyl groups excluding tert-OH is 1. The van der Waals surface area contributed by atoms with Gasteiger partial charge in [0.1, 0.15) is 18.3 Å². The largest absolute Gasteiger partial charge is 0.505 e. The van der Waals surface area contributed by atoms with Crippen LogP contribution in [-0.2, 0) is 49.3 Å². The van der Waals surface area contributed by atoms with Crippen LogP contribution < -0.4 is 10.6 Å². The highest BCUT2D eigenvalue weighted by atomic mass is 16.6. The van der Waals surface area contributed by atoms with Gasteiger partial charge >= 0.3 is 23.9 Å². The summed E-state index contributed by atoms with van der Waals surface area (Å²) in [6.45, 7) is 10.6. The van der Waals surface area contributed by atoms with Crippen molar-refractivity contribution in [2.75, 3.05) is 5.32 Å². The number of ether oxygens (including phenoxy) is 4. The lowest BCUT2D eigenvalue weighted by atomic mass is 9.81. The van der Waals surface area contributed by atoms with Crippen molar-refractivity contribution >= 4 is 41.9 Å². The first kappa shape index (κ1) is 39.5. The van der Waals surface area contributed by atoms with E-state index in [4.69, 9.17) is 18.9 Å². The van der Waals surface area contributed by atoms with E-state index in [0.29, 0.717) is 18.4 Å². The number of hydrogen-bond donors (Lipinski definition) is 4. The monoisotopic (exact) mass is 698 g/mol. The molecule has 14 heteroatoms. The molecule has 0 saturated carbocycles. The minimum Gasteiger partial charge on any atom is -0.505 e. The zero-order valence-electron chi connectivity index (χ0n) is 29.2. The van der Waals surface area contributed by atoms with Crippen molar-refractivity contribution in [3.63, 3.8) is 0 Å². The molecule has 0 aliphatic carbocycles. The minimum atomic E-state index is -1.76. The zero-order valence-corrected chi connectivity index (χ0v) is 29.2. The summed E-state index contributed by atoms with van der Waals surface area (Å²) in [7, 11) is 0. The number of carbonyl (C=O) groups excluding carboxylic acids is 6. The third kappa shape index (κ3) is 9.37. The van der Waals surface area contributed by atoms with Crippen LogP contribution >= 0.6 is 0 Å². The van der Waals surface area contributed by atoms with Gasteiger partial charge in [-0.1, -0.05) is 64.1 Å². The fraction of sp³-hybridized carbons (Fsp3) is 0.500. The maximum atomic E-state index is 13.8. The highest BCUT2D eigenvalue weighted by Crippen LogP contribution is 2.32. The molecule has 2 amide bonds.